The Morgan fingerprint density at radius 1 is 0.897 bits per heavy atom. The summed E-state index contributed by atoms with van der Waals surface area (Å²) in [7, 11) is 1.77. The molecule has 1 amide bonds. The molecule has 0 bridgehead atoms. The van der Waals surface area contributed by atoms with Gasteiger partial charge in [-0.05, 0) is 42.5 Å². The van der Waals surface area contributed by atoms with Crippen LogP contribution in [0.5, 0.6) is 0 Å². The normalized spacial score (nSPS) is 14.0. The first-order valence-corrected chi connectivity index (χ1v) is 9.65. The summed E-state index contributed by atoms with van der Waals surface area (Å²) in [6.07, 6.45) is 3.41. The number of anilines is 3. The number of rotatable bonds is 4. The Balaban J connectivity index is 1.44. The summed E-state index contributed by atoms with van der Waals surface area (Å²) >= 11 is 0. The Kier molecular flexibility index (Phi) is 5.42. The highest BCUT2D eigenvalue weighted by atomic mass is 19.1. The summed E-state index contributed by atoms with van der Waals surface area (Å²) in [6, 6.07) is 18.1. The molecule has 3 aromatic rings. The number of halogens is 1. The van der Waals surface area contributed by atoms with Gasteiger partial charge in [-0.2, -0.15) is 0 Å². The maximum absolute atomic E-state index is 13.1. The number of hydrogen-bond donors (Lipinski definition) is 0. The minimum atomic E-state index is -0.222. The summed E-state index contributed by atoms with van der Waals surface area (Å²) in [4.78, 5) is 23.3. The predicted molar refractivity (Wildman–Crippen MR) is 114 cm³/mol. The van der Waals surface area contributed by atoms with Gasteiger partial charge in [-0.25, -0.2) is 4.39 Å². The highest BCUT2D eigenvalue weighted by Crippen LogP contribution is 2.22. The van der Waals surface area contributed by atoms with Crippen molar-refractivity contribution in [2.45, 2.75) is 0 Å². The van der Waals surface area contributed by atoms with Crippen LogP contribution in [0.25, 0.3) is 0 Å². The lowest BCUT2D eigenvalue weighted by Gasteiger charge is -2.37. The second-order valence-electron chi connectivity index (χ2n) is 7.08. The van der Waals surface area contributed by atoms with Gasteiger partial charge in [-0.15, -0.1) is 0 Å². The number of para-hydroxylation sites is 1. The van der Waals surface area contributed by atoms with E-state index >= 15 is 0 Å². The molecule has 5 nitrogen and oxygen atoms in total. The van der Waals surface area contributed by atoms with Crippen molar-refractivity contribution in [1.29, 1.82) is 0 Å². The summed E-state index contributed by atoms with van der Waals surface area (Å²) in [5.74, 6) is -0.309. The van der Waals surface area contributed by atoms with Gasteiger partial charge in [0.05, 0.1) is 17.4 Å². The molecule has 2 heterocycles. The second kappa shape index (κ2) is 8.31. The number of carbonyl (C=O) groups is 1. The molecular weight excluding hydrogens is 367 g/mol. The van der Waals surface area contributed by atoms with Crippen molar-refractivity contribution < 1.29 is 9.18 Å². The van der Waals surface area contributed by atoms with Crippen molar-refractivity contribution in [1.82, 2.24) is 4.98 Å². The lowest BCUT2D eigenvalue weighted by Crippen LogP contribution is -2.46. The maximum Gasteiger partial charge on any atom is 0.259 e. The first-order valence-electron chi connectivity index (χ1n) is 9.65. The number of amides is 1. The van der Waals surface area contributed by atoms with E-state index in [1.54, 1.807) is 24.3 Å². The van der Waals surface area contributed by atoms with Crippen LogP contribution < -0.4 is 14.7 Å². The minimum absolute atomic E-state index is 0.0875. The van der Waals surface area contributed by atoms with Gasteiger partial charge in [0.15, 0.2) is 0 Å². The standard InChI is InChI=1S/C23H23FN4O/c1-26(20-5-3-2-4-6-20)23(29)18-15-22(17-25-16-18)28-13-11-27(12-14-28)21-9-7-19(24)8-10-21/h2-10,15-17H,11-14H2,1H3. The first kappa shape index (κ1) is 18.9. The summed E-state index contributed by atoms with van der Waals surface area (Å²) in [5, 5.41) is 0. The van der Waals surface area contributed by atoms with Crippen molar-refractivity contribution in [3.8, 4) is 0 Å². The number of benzene rings is 2. The van der Waals surface area contributed by atoms with Gasteiger partial charge >= 0.3 is 0 Å². The summed E-state index contributed by atoms with van der Waals surface area (Å²) in [5.41, 5.74) is 3.37. The van der Waals surface area contributed by atoms with E-state index in [1.807, 2.05) is 48.5 Å². The van der Waals surface area contributed by atoms with Gasteiger partial charge in [-0.1, -0.05) is 18.2 Å². The summed E-state index contributed by atoms with van der Waals surface area (Å²) in [6.45, 7) is 3.28. The molecule has 0 radical (unpaired) electrons. The monoisotopic (exact) mass is 390 g/mol. The Bertz CT molecular complexity index is 970. The van der Waals surface area contributed by atoms with Gasteiger partial charge in [0.2, 0.25) is 0 Å². The van der Waals surface area contributed by atoms with Crippen LogP contribution in [0.15, 0.2) is 73.1 Å². The average molecular weight is 390 g/mol. The molecule has 0 atom stereocenters. The molecule has 0 unspecified atom stereocenters. The zero-order valence-corrected chi connectivity index (χ0v) is 16.3. The van der Waals surface area contributed by atoms with Gasteiger partial charge in [0.1, 0.15) is 5.82 Å². The molecule has 1 aromatic heterocycles. The fourth-order valence-corrected chi connectivity index (χ4v) is 3.55. The third-order valence-electron chi connectivity index (χ3n) is 5.26. The SMILES string of the molecule is CN(C(=O)c1cncc(N2CCN(c3ccc(F)cc3)CC2)c1)c1ccccc1. The van der Waals surface area contributed by atoms with Crippen molar-refractivity contribution >= 4 is 23.0 Å². The Morgan fingerprint density at radius 2 is 1.52 bits per heavy atom. The van der Waals surface area contributed by atoms with Gasteiger partial charge < -0.3 is 14.7 Å². The zero-order chi connectivity index (χ0) is 20.2. The minimum Gasteiger partial charge on any atom is -0.368 e. The van der Waals surface area contributed by atoms with Gasteiger partial charge in [-0.3, -0.25) is 9.78 Å². The van der Waals surface area contributed by atoms with Crippen LogP contribution in [0, 0.1) is 5.82 Å². The molecule has 1 aliphatic rings. The third kappa shape index (κ3) is 4.21. The first-order chi connectivity index (χ1) is 14.1. The van der Waals surface area contributed by atoms with Gasteiger partial charge in [0.25, 0.3) is 5.91 Å². The summed E-state index contributed by atoms with van der Waals surface area (Å²) < 4.78 is 13.1. The number of carbonyl (C=O) groups excluding carboxylic acids is 1. The molecule has 0 aliphatic carbocycles. The molecule has 0 saturated carbocycles. The van der Waals surface area contributed by atoms with E-state index in [2.05, 4.69) is 14.8 Å². The molecule has 2 aromatic carbocycles. The zero-order valence-electron chi connectivity index (χ0n) is 16.3. The topological polar surface area (TPSA) is 39.7 Å². The lowest BCUT2D eigenvalue weighted by molar-refractivity contribution is 0.0992. The van der Waals surface area contributed by atoms with Crippen molar-refractivity contribution in [3.05, 3.63) is 84.4 Å². The van der Waals surface area contributed by atoms with E-state index < -0.39 is 0 Å². The van der Waals surface area contributed by atoms with Crippen molar-refractivity contribution in [2.75, 3.05) is 47.9 Å². The van der Waals surface area contributed by atoms with E-state index in [4.69, 9.17) is 0 Å². The van der Waals surface area contributed by atoms with E-state index in [1.165, 1.54) is 12.1 Å². The number of hydrogen-bond acceptors (Lipinski definition) is 4. The number of pyridine rings is 1. The van der Waals surface area contributed by atoms with E-state index in [0.29, 0.717) is 5.56 Å². The Morgan fingerprint density at radius 3 is 2.17 bits per heavy atom. The van der Waals surface area contributed by atoms with Crippen molar-refractivity contribution in [2.24, 2.45) is 0 Å². The van der Waals surface area contributed by atoms with Gasteiger partial charge in [0, 0.05) is 50.8 Å². The predicted octanol–water partition coefficient (Wildman–Crippen LogP) is 3.82. The van der Waals surface area contributed by atoms with Crippen LogP contribution >= 0.6 is 0 Å². The molecule has 1 saturated heterocycles. The fourth-order valence-electron chi connectivity index (χ4n) is 3.55. The lowest BCUT2D eigenvalue weighted by atomic mass is 10.2. The molecule has 0 spiro atoms. The molecule has 1 fully saturated rings. The Labute approximate surface area is 170 Å². The van der Waals surface area contributed by atoms with Crippen LogP contribution in [-0.2, 0) is 0 Å². The Hall–Kier alpha value is -3.41. The van der Waals surface area contributed by atoms with Crippen LogP contribution in [0.4, 0.5) is 21.5 Å². The number of piperazine rings is 1. The molecule has 4 rings (SSSR count). The van der Waals surface area contributed by atoms with Crippen LogP contribution in [-0.4, -0.2) is 44.1 Å². The molecule has 6 heteroatoms. The number of aromatic nitrogens is 1. The fraction of sp³-hybridized carbons (Fsp3) is 0.217. The van der Waals surface area contributed by atoms with E-state index in [-0.39, 0.29) is 11.7 Å². The van der Waals surface area contributed by atoms with Crippen LogP contribution in [0.2, 0.25) is 0 Å². The molecular formula is C23H23FN4O. The smallest absolute Gasteiger partial charge is 0.259 e. The molecule has 1 aliphatic heterocycles. The van der Waals surface area contributed by atoms with E-state index in [0.717, 1.165) is 43.2 Å². The average Bonchev–Trinajstić information content (AvgIpc) is 2.79. The molecule has 148 valence electrons. The van der Waals surface area contributed by atoms with Crippen LogP contribution in [0.3, 0.4) is 0 Å². The van der Waals surface area contributed by atoms with Crippen LogP contribution in [0.1, 0.15) is 10.4 Å². The third-order valence-corrected chi connectivity index (χ3v) is 5.26. The highest BCUT2D eigenvalue weighted by molar-refractivity contribution is 6.06. The molecule has 29 heavy (non-hydrogen) atoms. The highest BCUT2D eigenvalue weighted by Gasteiger charge is 2.20. The quantitative estimate of drug-likeness (QED) is 0.679. The maximum atomic E-state index is 13.1. The van der Waals surface area contributed by atoms with E-state index in [9.17, 15) is 9.18 Å². The number of nitrogens with zero attached hydrogens (tertiary/aromatic N) is 4. The second-order valence-corrected chi connectivity index (χ2v) is 7.08. The van der Waals surface area contributed by atoms with Crippen molar-refractivity contribution in [3.63, 3.8) is 0 Å². The largest absolute Gasteiger partial charge is 0.368 e. The molecule has 0 N–H and O–H groups in total.